The molecule has 44 heavy (non-hydrogen) atoms. The van der Waals surface area contributed by atoms with Crippen LogP contribution >= 0.6 is 0 Å². The highest BCUT2D eigenvalue weighted by atomic mass is 16.5. The number of amides is 1. The Hall–Kier alpha value is -4.99. The van der Waals surface area contributed by atoms with Crippen LogP contribution in [0.25, 0.3) is 0 Å². The molecular weight excluding hydrogens is 562 g/mol. The lowest BCUT2D eigenvalue weighted by Crippen LogP contribution is -2.32. The number of benzene rings is 3. The van der Waals surface area contributed by atoms with Gasteiger partial charge in [-0.15, -0.1) is 0 Å². The fourth-order valence-corrected chi connectivity index (χ4v) is 5.12. The molecule has 1 fully saturated rings. The topological polar surface area (TPSA) is 101 Å². The van der Waals surface area contributed by atoms with Crippen LogP contribution in [-0.4, -0.2) is 55.0 Å². The molecule has 3 aromatic carbocycles. The van der Waals surface area contributed by atoms with E-state index in [0.717, 1.165) is 35.2 Å². The van der Waals surface area contributed by atoms with Crippen molar-refractivity contribution in [1.29, 1.82) is 0 Å². The van der Waals surface area contributed by atoms with Gasteiger partial charge < -0.3 is 28.6 Å². The van der Waals surface area contributed by atoms with Gasteiger partial charge in [0.1, 0.15) is 23.8 Å². The molecule has 0 bridgehead atoms. The molecule has 0 spiro atoms. The summed E-state index contributed by atoms with van der Waals surface area (Å²) in [6, 6.07) is 20.1. The molecule has 1 amide bonds. The summed E-state index contributed by atoms with van der Waals surface area (Å²) in [4.78, 5) is 27.9. The minimum absolute atomic E-state index is 0.169. The maximum absolute atomic E-state index is 14.2. The standard InChI is InChI=1S/C34H37N3O7/c1-36-29(18-28(35-36)23-12-13-23)33(38)37(19-25-14-15-27(40-2)17-31(25)41-3)20-26-10-7-11-30(32(26)42-4)44-21-22-8-6-9-24(16-22)34(39)43-5/h6-11,14-18,23H,12-13,19-21H2,1-5H3. The molecule has 1 saturated carbocycles. The Balaban J connectivity index is 1.44. The Morgan fingerprint density at radius 1 is 0.864 bits per heavy atom. The van der Waals surface area contributed by atoms with Gasteiger partial charge in [-0.25, -0.2) is 4.79 Å². The number of ether oxygens (including phenoxy) is 5. The second-order valence-electron chi connectivity index (χ2n) is 10.6. The van der Waals surface area contributed by atoms with Crippen molar-refractivity contribution in [3.05, 3.63) is 100 Å². The van der Waals surface area contributed by atoms with Gasteiger partial charge in [-0.3, -0.25) is 9.48 Å². The van der Waals surface area contributed by atoms with Gasteiger partial charge in [0, 0.05) is 30.2 Å². The first-order chi connectivity index (χ1) is 21.3. The number of carbonyl (C=O) groups excluding carboxylic acids is 2. The summed E-state index contributed by atoms with van der Waals surface area (Å²) >= 11 is 0. The highest BCUT2D eigenvalue weighted by Crippen LogP contribution is 2.40. The van der Waals surface area contributed by atoms with Crippen molar-refractivity contribution in [3.63, 3.8) is 0 Å². The third-order valence-electron chi connectivity index (χ3n) is 7.62. The molecule has 230 valence electrons. The Bertz CT molecular complexity index is 1640. The van der Waals surface area contributed by atoms with Crippen molar-refractivity contribution in [1.82, 2.24) is 14.7 Å². The van der Waals surface area contributed by atoms with E-state index in [2.05, 4.69) is 5.10 Å². The zero-order valence-corrected chi connectivity index (χ0v) is 25.7. The van der Waals surface area contributed by atoms with E-state index in [1.807, 2.05) is 42.5 Å². The van der Waals surface area contributed by atoms with Crippen LogP contribution in [0.5, 0.6) is 23.0 Å². The van der Waals surface area contributed by atoms with E-state index in [4.69, 9.17) is 23.7 Å². The molecule has 0 atom stereocenters. The zero-order valence-electron chi connectivity index (χ0n) is 25.7. The molecule has 10 heteroatoms. The summed E-state index contributed by atoms with van der Waals surface area (Å²) in [5.74, 6) is 2.14. The number of esters is 1. The Morgan fingerprint density at radius 2 is 1.64 bits per heavy atom. The lowest BCUT2D eigenvalue weighted by atomic mass is 10.1. The first kappa shape index (κ1) is 30.5. The number of nitrogens with zero attached hydrogens (tertiary/aromatic N) is 3. The number of hydrogen-bond acceptors (Lipinski definition) is 8. The number of aromatic nitrogens is 2. The molecule has 1 heterocycles. The van der Waals surface area contributed by atoms with Crippen molar-refractivity contribution in [3.8, 4) is 23.0 Å². The fraction of sp³-hybridized carbons (Fsp3) is 0.324. The molecule has 5 rings (SSSR count). The first-order valence-electron chi connectivity index (χ1n) is 14.3. The average Bonchev–Trinajstić information content (AvgIpc) is 3.83. The van der Waals surface area contributed by atoms with Gasteiger partial charge in [0.05, 0.1) is 52.8 Å². The van der Waals surface area contributed by atoms with Gasteiger partial charge in [-0.2, -0.15) is 5.10 Å². The van der Waals surface area contributed by atoms with Gasteiger partial charge in [-0.1, -0.05) is 24.3 Å². The van der Waals surface area contributed by atoms with Crippen LogP contribution < -0.4 is 18.9 Å². The van der Waals surface area contributed by atoms with Crippen LogP contribution in [0.2, 0.25) is 0 Å². The number of rotatable bonds is 13. The molecule has 0 radical (unpaired) electrons. The first-order valence-corrected chi connectivity index (χ1v) is 14.3. The summed E-state index contributed by atoms with van der Waals surface area (Å²) in [6.07, 6.45) is 2.18. The summed E-state index contributed by atoms with van der Waals surface area (Å²) in [6.45, 7) is 0.704. The third kappa shape index (κ3) is 6.80. The minimum Gasteiger partial charge on any atom is -0.497 e. The van der Waals surface area contributed by atoms with Crippen LogP contribution in [0, 0.1) is 0 Å². The number of methoxy groups -OCH3 is 4. The summed E-state index contributed by atoms with van der Waals surface area (Å²) < 4.78 is 29.5. The van der Waals surface area contributed by atoms with Crippen LogP contribution in [0.1, 0.15) is 62.0 Å². The summed E-state index contributed by atoms with van der Waals surface area (Å²) in [7, 11) is 7.92. The maximum Gasteiger partial charge on any atom is 0.337 e. The second-order valence-corrected chi connectivity index (χ2v) is 10.6. The molecule has 1 aliphatic rings. The highest BCUT2D eigenvalue weighted by Gasteiger charge is 2.30. The Morgan fingerprint density at radius 3 is 2.34 bits per heavy atom. The quantitative estimate of drug-likeness (QED) is 0.185. The minimum atomic E-state index is -0.414. The molecule has 10 nitrogen and oxygen atoms in total. The smallest absolute Gasteiger partial charge is 0.337 e. The predicted octanol–water partition coefficient (Wildman–Crippen LogP) is 5.53. The van der Waals surface area contributed by atoms with Gasteiger partial charge in [0.25, 0.3) is 5.91 Å². The predicted molar refractivity (Wildman–Crippen MR) is 163 cm³/mol. The van der Waals surface area contributed by atoms with E-state index in [0.29, 0.717) is 40.2 Å². The van der Waals surface area contributed by atoms with Gasteiger partial charge in [0.15, 0.2) is 11.5 Å². The fourth-order valence-electron chi connectivity index (χ4n) is 5.12. The lowest BCUT2D eigenvalue weighted by Gasteiger charge is -2.25. The highest BCUT2D eigenvalue weighted by molar-refractivity contribution is 5.93. The molecule has 0 unspecified atom stereocenters. The molecule has 0 N–H and O–H groups in total. The van der Waals surface area contributed by atoms with E-state index in [1.165, 1.54) is 7.11 Å². The SMILES string of the molecule is COC(=O)c1cccc(COc2cccc(CN(Cc3ccc(OC)cc3OC)C(=O)c3cc(C4CC4)nn3C)c2OC)c1. The lowest BCUT2D eigenvalue weighted by molar-refractivity contribution is 0.0600. The number of carbonyl (C=O) groups is 2. The zero-order chi connectivity index (χ0) is 31.2. The van der Waals surface area contributed by atoms with Crippen LogP contribution in [-0.2, 0) is 31.5 Å². The van der Waals surface area contributed by atoms with Crippen molar-refractivity contribution >= 4 is 11.9 Å². The monoisotopic (exact) mass is 599 g/mol. The van der Waals surface area contributed by atoms with Crippen LogP contribution in [0.4, 0.5) is 0 Å². The van der Waals surface area contributed by atoms with Crippen LogP contribution in [0.15, 0.2) is 66.7 Å². The molecular formula is C34H37N3O7. The maximum atomic E-state index is 14.2. The van der Waals surface area contributed by atoms with E-state index >= 15 is 0 Å². The van der Waals surface area contributed by atoms with Crippen molar-refractivity contribution in [2.24, 2.45) is 7.05 Å². The second kappa shape index (κ2) is 13.5. The molecule has 4 aromatic rings. The van der Waals surface area contributed by atoms with Crippen molar-refractivity contribution < 1.29 is 33.3 Å². The van der Waals surface area contributed by atoms with Gasteiger partial charge in [-0.05, 0) is 54.8 Å². The molecule has 0 saturated heterocycles. The van der Waals surface area contributed by atoms with Crippen LogP contribution in [0.3, 0.4) is 0 Å². The number of para-hydroxylation sites is 1. The molecule has 0 aliphatic heterocycles. The van der Waals surface area contributed by atoms with E-state index in [1.54, 1.807) is 62.2 Å². The van der Waals surface area contributed by atoms with E-state index < -0.39 is 5.97 Å². The normalized spacial score (nSPS) is 12.4. The van der Waals surface area contributed by atoms with E-state index in [-0.39, 0.29) is 25.6 Å². The van der Waals surface area contributed by atoms with E-state index in [9.17, 15) is 9.59 Å². The molecule has 1 aliphatic carbocycles. The summed E-state index contributed by atoms with van der Waals surface area (Å²) in [5.41, 5.74) is 4.28. The number of hydrogen-bond donors (Lipinski definition) is 0. The Kier molecular flexibility index (Phi) is 9.38. The largest absolute Gasteiger partial charge is 0.497 e. The number of aryl methyl sites for hydroxylation is 1. The van der Waals surface area contributed by atoms with Crippen molar-refractivity contribution in [2.45, 2.75) is 38.5 Å². The van der Waals surface area contributed by atoms with Crippen molar-refractivity contribution in [2.75, 3.05) is 28.4 Å². The van der Waals surface area contributed by atoms with Gasteiger partial charge >= 0.3 is 5.97 Å². The summed E-state index contributed by atoms with van der Waals surface area (Å²) in [5, 5.41) is 4.62. The average molecular weight is 600 g/mol. The van der Waals surface area contributed by atoms with Gasteiger partial charge in [0.2, 0.25) is 0 Å². The molecule has 1 aromatic heterocycles. The Labute approximate surface area is 257 Å². The third-order valence-corrected chi connectivity index (χ3v) is 7.62.